The summed E-state index contributed by atoms with van der Waals surface area (Å²) >= 11 is 1.77. The smallest absolute Gasteiger partial charge is 0.334 e. The first kappa shape index (κ1) is 15.8. The Morgan fingerprint density at radius 3 is 2.58 bits per heavy atom. The number of hydrogen-bond acceptors (Lipinski definition) is 5. The highest BCUT2D eigenvalue weighted by Crippen LogP contribution is 2.32. The van der Waals surface area contributed by atoms with Crippen molar-refractivity contribution < 1.29 is 4.92 Å². The summed E-state index contributed by atoms with van der Waals surface area (Å²) in [6, 6.07) is 0. The van der Waals surface area contributed by atoms with Crippen LogP contribution in [0.25, 0.3) is 0 Å². The molecule has 0 saturated heterocycles. The third-order valence-corrected chi connectivity index (χ3v) is 3.75. The van der Waals surface area contributed by atoms with Gasteiger partial charge in [0.25, 0.3) is 0 Å². The third kappa shape index (κ3) is 3.86. The maximum Gasteiger partial charge on any atom is 0.334 e. The second kappa shape index (κ2) is 6.79. The lowest BCUT2D eigenvalue weighted by Crippen LogP contribution is -2.16. The number of aromatic nitrogens is 2. The Hall–Kier alpha value is -1.24. The molecule has 1 heterocycles. The molecule has 1 unspecified atom stereocenters. The van der Waals surface area contributed by atoms with Crippen LogP contribution in [0.4, 0.5) is 11.5 Å². The molecule has 19 heavy (non-hydrogen) atoms. The molecule has 7 heteroatoms. The van der Waals surface area contributed by atoms with E-state index >= 15 is 0 Å². The minimum absolute atomic E-state index is 0.0331. The van der Waals surface area contributed by atoms with Gasteiger partial charge in [0.1, 0.15) is 5.69 Å². The fraction of sp³-hybridized carbons (Fsp3) is 0.750. The molecule has 108 valence electrons. The van der Waals surface area contributed by atoms with Crippen molar-refractivity contribution in [2.45, 2.75) is 26.7 Å². The van der Waals surface area contributed by atoms with Crippen molar-refractivity contribution in [1.29, 1.82) is 0 Å². The van der Waals surface area contributed by atoms with E-state index in [0.717, 1.165) is 5.75 Å². The Morgan fingerprint density at radius 1 is 1.47 bits per heavy atom. The van der Waals surface area contributed by atoms with Gasteiger partial charge in [0, 0.05) is 19.5 Å². The Labute approximate surface area is 118 Å². The maximum absolute atomic E-state index is 11.2. The fourth-order valence-electron chi connectivity index (χ4n) is 1.91. The standard InChI is InChI=1S/C12H22N4O2S/c1-8(2)10-11(16(17)18)12(15(4)14-10)13-6-9(3)7-19-5/h8-9,13H,6-7H2,1-5H3. The van der Waals surface area contributed by atoms with Gasteiger partial charge >= 0.3 is 5.69 Å². The van der Waals surface area contributed by atoms with Crippen molar-refractivity contribution in [1.82, 2.24) is 9.78 Å². The second-order valence-corrected chi connectivity index (χ2v) is 5.97. The molecule has 0 aliphatic carbocycles. The van der Waals surface area contributed by atoms with E-state index in [2.05, 4.69) is 23.6 Å². The van der Waals surface area contributed by atoms with Crippen molar-refractivity contribution in [3.8, 4) is 0 Å². The first-order valence-corrected chi connectivity index (χ1v) is 7.71. The molecule has 0 amide bonds. The highest BCUT2D eigenvalue weighted by Gasteiger charge is 2.28. The van der Waals surface area contributed by atoms with Gasteiger partial charge in [-0.25, -0.2) is 4.68 Å². The molecule has 6 nitrogen and oxygen atoms in total. The topological polar surface area (TPSA) is 73.0 Å². The van der Waals surface area contributed by atoms with Crippen molar-refractivity contribution in [3.63, 3.8) is 0 Å². The Kier molecular flexibility index (Phi) is 5.65. The molecule has 1 aromatic heterocycles. The second-order valence-electron chi connectivity index (χ2n) is 5.06. The number of nitrogens with one attached hydrogen (secondary N) is 1. The first-order valence-electron chi connectivity index (χ1n) is 6.32. The molecule has 0 bridgehead atoms. The number of rotatable bonds is 7. The van der Waals surface area contributed by atoms with Gasteiger partial charge in [0.05, 0.1) is 4.92 Å². The summed E-state index contributed by atoms with van der Waals surface area (Å²) in [5, 5.41) is 18.7. The van der Waals surface area contributed by atoms with E-state index in [1.807, 2.05) is 13.8 Å². The SMILES string of the molecule is CSCC(C)CNc1c([N+](=O)[O-])c(C(C)C)nn1C. The summed E-state index contributed by atoms with van der Waals surface area (Å²) < 4.78 is 1.57. The van der Waals surface area contributed by atoms with E-state index < -0.39 is 0 Å². The lowest BCUT2D eigenvalue weighted by Gasteiger charge is -2.11. The van der Waals surface area contributed by atoms with Crippen LogP contribution < -0.4 is 5.32 Å². The predicted molar refractivity (Wildman–Crippen MR) is 80.0 cm³/mol. The number of nitro groups is 1. The van der Waals surface area contributed by atoms with Crippen LogP contribution in [0.2, 0.25) is 0 Å². The monoisotopic (exact) mass is 286 g/mol. The van der Waals surface area contributed by atoms with Crippen molar-refractivity contribution >= 4 is 23.3 Å². The van der Waals surface area contributed by atoms with Crippen LogP contribution in [-0.2, 0) is 7.05 Å². The van der Waals surface area contributed by atoms with Gasteiger partial charge in [-0.1, -0.05) is 20.8 Å². The van der Waals surface area contributed by atoms with Gasteiger partial charge < -0.3 is 5.32 Å². The normalized spacial score (nSPS) is 12.7. The summed E-state index contributed by atoms with van der Waals surface area (Å²) in [5.74, 6) is 2.01. The molecule has 1 atom stereocenters. The number of thioether (sulfide) groups is 1. The molecule has 1 aromatic rings. The average Bonchev–Trinajstić information content (AvgIpc) is 2.64. The molecule has 0 radical (unpaired) electrons. The molecule has 1 N–H and O–H groups in total. The van der Waals surface area contributed by atoms with Crippen molar-refractivity contribution in [2.75, 3.05) is 23.9 Å². The van der Waals surface area contributed by atoms with E-state index in [1.54, 1.807) is 23.5 Å². The van der Waals surface area contributed by atoms with E-state index in [9.17, 15) is 10.1 Å². The fourth-order valence-corrected chi connectivity index (χ4v) is 2.60. The quantitative estimate of drug-likeness (QED) is 0.616. The number of anilines is 1. The highest BCUT2D eigenvalue weighted by atomic mass is 32.2. The summed E-state index contributed by atoms with van der Waals surface area (Å²) in [7, 11) is 1.74. The number of hydrogen-bond donors (Lipinski definition) is 1. The molecular weight excluding hydrogens is 264 g/mol. The predicted octanol–water partition coefficient (Wildman–Crippen LogP) is 2.86. The van der Waals surface area contributed by atoms with Crippen LogP contribution in [0.5, 0.6) is 0 Å². The number of nitrogens with zero attached hydrogens (tertiary/aromatic N) is 3. The highest BCUT2D eigenvalue weighted by molar-refractivity contribution is 7.98. The Morgan fingerprint density at radius 2 is 2.11 bits per heavy atom. The zero-order valence-corrected chi connectivity index (χ0v) is 13.0. The average molecular weight is 286 g/mol. The van der Waals surface area contributed by atoms with E-state index in [0.29, 0.717) is 24.0 Å². The summed E-state index contributed by atoms with van der Waals surface area (Å²) in [5.41, 5.74) is 0.640. The molecule has 0 spiro atoms. The Balaban J connectivity index is 2.96. The zero-order valence-electron chi connectivity index (χ0n) is 12.1. The van der Waals surface area contributed by atoms with Gasteiger partial charge in [0.2, 0.25) is 5.82 Å². The lowest BCUT2D eigenvalue weighted by molar-refractivity contribution is -0.384. The van der Waals surface area contributed by atoms with Crippen LogP contribution in [0, 0.1) is 16.0 Å². The lowest BCUT2D eigenvalue weighted by atomic mass is 10.1. The van der Waals surface area contributed by atoms with Crippen LogP contribution in [0.15, 0.2) is 0 Å². The summed E-state index contributed by atoms with van der Waals surface area (Å²) in [4.78, 5) is 10.9. The maximum atomic E-state index is 11.2. The first-order chi connectivity index (χ1) is 8.88. The van der Waals surface area contributed by atoms with Crippen LogP contribution >= 0.6 is 11.8 Å². The Bertz CT molecular complexity index is 445. The van der Waals surface area contributed by atoms with Gasteiger partial charge in [-0.2, -0.15) is 16.9 Å². The van der Waals surface area contributed by atoms with Crippen molar-refractivity contribution in [2.24, 2.45) is 13.0 Å². The minimum atomic E-state index is -0.343. The van der Waals surface area contributed by atoms with Crippen LogP contribution in [-0.4, -0.2) is 33.3 Å². The van der Waals surface area contributed by atoms with Gasteiger partial charge in [-0.05, 0) is 17.9 Å². The molecule has 0 aliphatic rings. The van der Waals surface area contributed by atoms with E-state index in [4.69, 9.17) is 0 Å². The largest absolute Gasteiger partial charge is 0.364 e. The molecule has 0 saturated carbocycles. The van der Waals surface area contributed by atoms with Gasteiger partial charge in [-0.15, -0.1) is 0 Å². The molecule has 0 aliphatic heterocycles. The molecular formula is C12H22N4O2S. The van der Waals surface area contributed by atoms with Gasteiger partial charge in [0.15, 0.2) is 0 Å². The molecule has 1 rings (SSSR count). The summed E-state index contributed by atoms with van der Waals surface area (Å²) in [6.07, 6.45) is 2.06. The molecule has 0 fully saturated rings. The third-order valence-electron chi connectivity index (χ3n) is 2.85. The van der Waals surface area contributed by atoms with Gasteiger partial charge in [-0.3, -0.25) is 10.1 Å². The minimum Gasteiger partial charge on any atom is -0.364 e. The molecule has 0 aromatic carbocycles. The number of aryl methyl sites for hydroxylation is 1. The van der Waals surface area contributed by atoms with E-state index in [-0.39, 0.29) is 16.5 Å². The summed E-state index contributed by atoms with van der Waals surface area (Å²) in [6.45, 7) is 6.65. The zero-order chi connectivity index (χ0) is 14.6. The van der Waals surface area contributed by atoms with Crippen LogP contribution in [0.3, 0.4) is 0 Å². The van der Waals surface area contributed by atoms with Crippen LogP contribution in [0.1, 0.15) is 32.4 Å². The van der Waals surface area contributed by atoms with Crippen molar-refractivity contribution in [3.05, 3.63) is 15.8 Å². The van der Waals surface area contributed by atoms with E-state index in [1.165, 1.54) is 0 Å².